The van der Waals surface area contributed by atoms with Crippen LogP contribution in [-0.4, -0.2) is 40.8 Å². The minimum absolute atomic E-state index is 0. The summed E-state index contributed by atoms with van der Waals surface area (Å²) < 4.78 is 165. The van der Waals surface area contributed by atoms with Gasteiger partial charge >= 0.3 is 121 Å². The van der Waals surface area contributed by atoms with Gasteiger partial charge in [0.25, 0.3) is 0 Å². The number of alkyl halides is 14. The quantitative estimate of drug-likeness (QED) is 0.0493. The summed E-state index contributed by atoms with van der Waals surface area (Å²) in [6.07, 6.45) is 0. The molecule has 0 aromatic rings. The predicted molar refractivity (Wildman–Crippen MR) is 71.9 cm³/mol. The van der Waals surface area contributed by atoms with Gasteiger partial charge in [0.05, 0.1) is 12.0 Å². The van der Waals surface area contributed by atoms with Crippen molar-refractivity contribution >= 4 is 55.0 Å². The first-order chi connectivity index (χ1) is 11.0. The zero-order chi connectivity index (χ0) is 22.0. The van der Waals surface area contributed by atoms with Crippen LogP contribution in [0.3, 0.4) is 0 Å². The van der Waals surface area contributed by atoms with Gasteiger partial charge in [0.15, 0.2) is 0 Å². The van der Waals surface area contributed by atoms with E-state index in [0.29, 0.717) is 0 Å². The number of hydrogen-bond acceptors (Lipinski definition) is 5. The van der Waals surface area contributed by atoms with Gasteiger partial charge < -0.3 is 31.1 Å². The molecule has 0 aliphatic heterocycles. The summed E-state index contributed by atoms with van der Waals surface area (Å²) in [6.45, 7) is 0. The fourth-order valence-electron chi connectivity index (χ4n) is 0.530. The maximum absolute atomic E-state index is 12.3. The van der Waals surface area contributed by atoms with Crippen molar-refractivity contribution in [3.8, 4) is 0 Å². The van der Waals surface area contributed by atoms with E-state index in [1.807, 2.05) is 0 Å². The van der Waals surface area contributed by atoms with E-state index in [2.05, 4.69) is 4.33 Å². The van der Waals surface area contributed by atoms with Crippen molar-refractivity contribution in [1.82, 2.24) is 0 Å². The molecule has 0 spiro atoms. The average Bonchev–Trinajstić information content (AvgIpc) is 2.35. The van der Waals surface area contributed by atoms with Crippen molar-refractivity contribution in [3.05, 3.63) is 0 Å². The fraction of sp³-hybridized carbons (Fsp3) is 1.00. The summed E-state index contributed by atoms with van der Waals surface area (Å²) in [5.41, 5.74) is 0. The van der Waals surface area contributed by atoms with Crippen molar-refractivity contribution in [1.29, 1.82) is 0 Å². The maximum atomic E-state index is 12.3. The minimum atomic E-state index is -6.28. The Hall–Kier alpha value is 3.98. The Morgan fingerprint density at radius 2 is 1.00 bits per heavy atom. The molecule has 1 atom stereocenters. The number of rotatable bonds is 7. The zero-order valence-electron chi connectivity index (χ0n) is 14.1. The standard InChI is InChI=1S/C3Br2F6.C3H2F6O4S2.CH4.BrH.3Na/c4-2(8,9)1(6,7)3(5,10)11;4-1(5,2(6,7)14-13-10)3(8,9)15(11)12;;;;;/h;10H,(H,11,12);1H4;1H;;;/q;;;;3*+1/p-3. The third-order valence-electron chi connectivity index (χ3n) is 1.79. The molecule has 0 bridgehead atoms. The monoisotopic (exact) mass is 750 g/mol. The summed E-state index contributed by atoms with van der Waals surface area (Å²) in [5, 5.41) is -2.57. The van der Waals surface area contributed by atoms with E-state index < -0.39 is 55.1 Å². The fourth-order valence-corrected chi connectivity index (χ4v) is 2.01. The molecule has 0 N–H and O–H groups in total. The molecule has 31 heavy (non-hydrogen) atoms. The van der Waals surface area contributed by atoms with Crippen molar-refractivity contribution in [2.24, 2.45) is 0 Å². The van der Waals surface area contributed by atoms with Crippen molar-refractivity contribution in [2.75, 3.05) is 0 Å². The van der Waals surface area contributed by atoms with Crippen LogP contribution in [0.15, 0.2) is 0 Å². The number of halogens is 15. The first-order valence-electron chi connectivity index (χ1n) is 4.72. The molecule has 0 heterocycles. The van der Waals surface area contributed by atoms with Crippen LogP contribution < -0.4 is 111 Å². The second kappa shape index (κ2) is 18.3. The van der Waals surface area contributed by atoms with Gasteiger partial charge in [-0.2, -0.15) is 52.7 Å². The topological polar surface area (TPSA) is 72.4 Å². The Kier molecular flexibility index (Phi) is 30.4. The second-order valence-electron chi connectivity index (χ2n) is 3.56. The molecular formula is C7H4Br3F12Na3O4S2. The second-order valence-corrected chi connectivity index (χ2v) is 7.35. The summed E-state index contributed by atoms with van der Waals surface area (Å²) in [4.78, 5) is -9.88. The summed E-state index contributed by atoms with van der Waals surface area (Å²) in [7, 11) is 0. The van der Waals surface area contributed by atoms with E-state index >= 15 is 0 Å². The van der Waals surface area contributed by atoms with E-state index in [-0.39, 0.29) is 113 Å². The van der Waals surface area contributed by atoms with Gasteiger partial charge in [0, 0.05) is 11.1 Å². The molecule has 24 heteroatoms. The van der Waals surface area contributed by atoms with Gasteiger partial charge in [0.2, 0.25) is 0 Å². The van der Waals surface area contributed by atoms with Crippen LogP contribution in [0.25, 0.3) is 0 Å². The molecule has 0 aromatic carbocycles. The smallest absolute Gasteiger partial charge is 1.00 e. The molecule has 0 aromatic heterocycles. The summed E-state index contributed by atoms with van der Waals surface area (Å²) in [6, 6.07) is 0. The van der Waals surface area contributed by atoms with Gasteiger partial charge in [-0.1, -0.05) is 7.43 Å². The van der Waals surface area contributed by atoms with Gasteiger partial charge in [0.1, 0.15) is 0 Å². The van der Waals surface area contributed by atoms with Gasteiger partial charge in [-0.3, -0.25) is 4.21 Å². The minimum Gasteiger partial charge on any atom is -1.00 e. The first kappa shape index (κ1) is 51.6. The first-order valence-corrected chi connectivity index (χ1v) is 8.12. The molecule has 0 aliphatic carbocycles. The zero-order valence-corrected chi connectivity index (χ0v) is 26.5. The molecule has 0 radical (unpaired) electrons. The Balaban J connectivity index is -0.0000000660. The van der Waals surface area contributed by atoms with Crippen molar-refractivity contribution < 1.29 is 177 Å². The molecule has 0 saturated heterocycles. The number of hydrogen-bond donors (Lipinski definition) is 0. The van der Waals surface area contributed by atoms with Crippen LogP contribution in [-0.2, 0) is 15.4 Å². The Morgan fingerprint density at radius 1 is 0.742 bits per heavy atom. The van der Waals surface area contributed by atoms with E-state index in [4.69, 9.17) is 5.26 Å². The Bertz CT molecular complexity index is 497. The normalized spacial score (nSPS) is 13.4. The maximum Gasteiger partial charge on any atom is 1.00 e. The Labute approximate surface area is 267 Å². The molecule has 0 saturated carbocycles. The van der Waals surface area contributed by atoms with E-state index in [9.17, 15) is 61.4 Å². The van der Waals surface area contributed by atoms with Crippen LogP contribution in [0.2, 0.25) is 0 Å². The molecule has 1 unspecified atom stereocenters. The van der Waals surface area contributed by atoms with E-state index in [1.165, 1.54) is 0 Å². The van der Waals surface area contributed by atoms with Crippen LogP contribution in [0.1, 0.15) is 7.43 Å². The van der Waals surface area contributed by atoms with Crippen LogP contribution >= 0.6 is 43.9 Å². The van der Waals surface area contributed by atoms with Gasteiger partial charge in [-0.15, -0.1) is 0 Å². The SMILES string of the molecule is C.FC(F)(Br)C(F)(F)C(F)(F)Br.O=S([O-])C(F)(F)C(F)(F)C(F)(F)SO[O-].[Br-].[Na+].[Na+].[Na+]. The van der Waals surface area contributed by atoms with Crippen LogP contribution in [0.4, 0.5) is 52.7 Å². The summed E-state index contributed by atoms with van der Waals surface area (Å²) >= 11 is -4.30. The largest absolute Gasteiger partial charge is 1.00 e. The van der Waals surface area contributed by atoms with E-state index in [0.717, 1.165) is 31.9 Å². The molecule has 0 aliphatic rings. The molecule has 0 fully saturated rings. The van der Waals surface area contributed by atoms with Gasteiger partial charge in [-0.25, -0.2) is 0 Å². The summed E-state index contributed by atoms with van der Waals surface area (Å²) in [5.74, 6) is -11.7. The van der Waals surface area contributed by atoms with Crippen LogP contribution in [0, 0.1) is 0 Å². The molecule has 4 nitrogen and oxygen atoms in total. The Morgan fingerprint density at radius 3 is 1.13 bits per heavy atom. The average molecular weight is 753 g/mol. The molecule has 0 rings (SSSR count). The van der Waals surface area contributed by atoms with Crippen molar-refractivity contribution in [3.63, 3.8) is 0 Å². The van der Waals surface area contributed by atoms with Crippen LogP contribution in [0.5, 0.6) is 0 Å². The molecular weight excluding hydrogens is 749 g/mol. The van der Waals surface area contributed by atoms with E-state index in [1.54, 1.807) is 0 Å². The third kappa shape index (κ3) is 13.9. The predicted octanol–water partition coefficient (Wildman–Crippen LogP) is -7.12. The molecule has 176 valence electrons. The third-order valence-corrected chi connectivity index (χ3v) is 4.00. The molecule has 0 amide bonds. The van der Waals surface area contributed by atoms with Crippen molar-refractivity contribution in [2.45, 2.75) is 39.4 Å². The van der Waals surface area contributed by atoms with Gasteiger partial charge in [-0.05, 0) is 31.9 Å².